The lowest BCUT2D eigenvalue weighted by molar-refractivity contribution is 0.0624. The Morgan fingerprint density at radius 3 is 2.85 bits per heavy atom. The molecule has 1 unspecified atom stereocenters. The Kier molecular flexibility index (Phi) is 4.77. The zero-order chi connectivity index (χ0) is 18.3. The number of nitrogens with one attached hydrogen (secondary N) is 1. The normalized spacial score (nSPS) is 18.7. The highest BCUT2D eigenvalue weighted by atomic mass is 32.2. The molecule has 2 aromatic heterocycles. The van der Waals surface area contributed by atoms with Crippen LogP contribution in [-0.2, 0) is 10.0 Å². The second kappa shape index (κ2) is 6.92. The summed E-state index contributed by atoms with van der Waals surface area (Å²) >= 11 is 3.25. The smallest absolute Gasteiger partial charge is 0.264 e. The van der Waals surface area contributed by atoms with Crippen molar-refractivity contribution in [1.82, 2.24) is 9.62 Å². The molecule has 1 fully saturated rings. The van der Waals surface area contributed by atoms with E-state index >= 15 is 0 Å². The molecule has 0 spiro atoms. The highest BCUT2D eigenvalue weighted by Crippen LogP contribution is 2.39. The Balaban J connectivity index is 1.61. The van der Waals surface area contributed by atoms with Crippen molar-refractivity contribution in [3.8, 4) is 0 Å². The number of fused-ring (bicyclic) bond motifs is 3. The second-order valence-electron chi connectivity index (χ2n) is 6.67. The molecular weight excluding hydrogens is 388 g/mol. The molecule has 3 heterocycles. The van der Waals surface area contributed by atoms with Crippen LogP contribution in [0, 0.1) is 0 Å². The van der Waals surface area contributed by atoms with E-state index in [0.717, 1.165) is 39.8 Å². The van der Waals surface area contributed by atoms with Crippen LogP contribution < -0.4 is 4.72 Å². The zero-order valence-electron chi connectivity index (χ0n) is 14.4. The van der Waals surface area contributed by atoms with Crippen LogP contribution in [0.2, 0.25) is 0 Å². The number of likely N-dealkylation sites (tertiary alicyclic amines) is 1. The third kappa shape index (κ3) is 3.51. The van der Waals surface area contributed by atoms with Crippen LogP contribution in [0.15, 0.2) is 30.3 Å². The van der Waals surface area contributed by atoms with Gasteiger partial charge in [0, 0.05) is 33.9 Å². The van der Waals surface area contributed by atoms with Crippen molar-refractivity contribution >= 4 is 58.1 Å². The Hall–Kier alpha value is -1.48. The van der Waals surface area contributed by atoms with E-state index in [-0.39, 0.29) is 18.5 Å². The number of piperidine rings is 1. The van der Waals surface area contributed by atoms with Gasteiger partial charge in [-0.2, -0.15) is 0 Å². The van der Waals surface area contributed by atoms with Crippen molar-refractivity contribution in [3.05, 3.63) is 35.2 Å². The van der Waals surface area contributed by atoms with Crippen LogP contribution in [0.5, 0.6) is 0 Å². The van der Waals surface area contributed by atoms with E-state index in [0.29, 0.717) is 6.54 Å². The maximum atomic E-state index is 13.1. The molecule has 3 aromatic rings. The van der Waals surface area contributed by atoms with E-state index in [2.05, 4.69) is 16.9 Å². The van der Waals surface area contributed by atoms with E-state index in [1.165, 1.54) is 10.1 Å². The number of nitrogens with zero attached hydrogens (tertiary/aromatic N) is 1. The number of carbonyl (C=O) groups excluding carboxylic acids is 1. The monoisotopic (exact) mass is 408 g/mol. The summed E-state index contributed by atoms with van der Waals surface area (Å²) in [6, 6.07) is 10.2. The van der Waals surface area contributed by atoms with Gasteiger partial charge < -0.3 is 4.90 Å². The van der Waals surface area contributed by atoms with Crippen molar-refractivity contribution < 1.29 is 13.2 Å². The van der Waals surface area contributed by atoms with Gasteiger partial charge in [-0.15, -0.1) is 22.7 Å². The Morgan fingerprint density at radius 1 is 1.23 bits per heavy atom. The summed E-state index contributed by atoms with van der Waals surface area (Å²) in [6.07, 6.45) is 3.96. The first kappa shape index (κ1) is 17.9. The predicted octanol–water partition coefficient (Wildman–Crippen LogP) is 3.66. The van der Waals surface area contributed by atoms with E-state index in [9.17, 15) is 13.2 Å². The Morgan fingerprint density at radius 2 is 2.04 bits per heavy atom. The van der Waals surface area contributed by atoms with Crippen LogP contribution in [0.1, 0.15) is 28.9 Å². The lowest BCUT2D eigenvalue weighted by atomic mass is 10.0. The molecule has 1 amide bonds. The zero-order valence-corrected chi connectivity index (χ0v) is 16.8. The SMILES string of the molecule is CS(=O)(=O)NCC1CCCCN1C(=O)c1cc2sc3ccccc3c2s1. The van der Waals surface area contributed by atoms with E-state index in [1.54, 1.807) is 22.7 Å². The van der Waals surface area contributed by atoms with Crippen LogP contribution in [-0.4, -0.2) is 44.6 Å². The number of rotatable bonds is 4. The molecule has 0 bridgehead atoms. The molecule has 1 atom stereocenters. The van der Waals surface area contributed by atoms with Gasteiger partial charge in [-0.3, -0.25) is 4.79 Å². The molecule has 8 heteroatoms. The highest BCUT2D eigenvalue weighted by Gasteiger charge is 2.29. The van der Waals surface area contributed by atoms with Gasteiger partial charge in [0.1, 0.15) is 0 Å². The molecule has 5 nitrogen and oxygen atoms in total. The summed E-state index contributed by atoms with van der Waals surface area (Å²) in [5.41, 5.74) is 0. The van der Waals surface area contributed by atoms with Crippen molar-refractivity contribution in [1.29, 1.82) is 0 Å². The molecule has 1 aromatic carbocycles. The summed E-state index contributed by atoms with van der Waals surface area (Å²) in [4.78, 5) is 15.7. The predicted molar refractivity (Wildman–Crippen MR) is 109 cm³/mol. The maximum absolute atomic E-state index is 13.1. The number of hydrogen-bond acceptors (Lipinski definition) is 5. The maximum Gasteiger partial charge on any atom is 0.264 e. The van der Waals surface area contributed by atoms with Gasteiger partial charge in [0.2, 0.25) is 10.0 Å². The van der Waals surface area contributed by atoms with Gasteiger partial charge in [0.25, 0.3) is 5.91 Å². The fraction of sp³-hybridized carbons (Fsp3) is 0.389. The molecule has 1 aliphatic rings. The van der Waals surface area contributed by atoms with Gasteiger partial charge in [-0.1, -0.05) is 18.2 Å². The minimum atomic E-state index is -3.26. The number of carbonyl (C=O) groups is 1. The number of hydrogen-bond donors (Lipinski definition) is 1. The van der Waals surface area contributed by atoms with Crippen molar-refractivity contribution in [3.63, 3.8) is 0 Å². The summed E-state index contributed by atoms with van der Waals surface area (Å²) in [6.45, 7) is 0.967. The van der Waals surface area contributed by atoms with Gasteiger partial charge >= 0.3 is 0 Å². The average Bonchev–Trinajstić information content (AvgIpc) is 3.17. The molecular formula is C18H20N2O3S3. The van der Waals surface area contributed by atoms with Crippen molar-refractivity contribution in [2.75, 3.05) is 19.3 Å². The van der Waals surface area contributed by atoms with Crippen molar-refractivity contribution in [2.45, 2.75) is 25.3 Å². The molecule has 26 heavy (non-hydrogen) atoms. The quantitative estimate of drug-likeness (QED) is 0.716. The average molecular weight is 409 g/mol. The number of amides is 1. The molecule has 0 radical (unpaired) electrons. The topological polar surface area (TPSA) is 66.5 Å². The Labute approximate surface area is 160 Å². The van der Waals surface area contributed by atoms with Crippen LogP contribution in [0.3, 0.4) is 0 Å². The highest BCUT2D eigenvalue weighted by molar-refractivity contribution is 7.88. The number of thiophene rings is 2. The third-order valence-corrected chi connectivity index (χ3v) is 7.82. The van der Waals surface area contributed by atoms with Crippen molar-refractivity contribution in [2.24, 2.45) is 0 Å². The third-order valence-electron chi connectivity index (χ3n) is 4.73. The lowest BCUT2D eigenvalue weighted by Gasteiger charge is -2.35. The molecule has 0 aliphatic carbocycles. The summed E-state index contributed by atoms with van der Waals surface area (Å²) < 4.78 is 28.9. The summed E-state index contributed by atoms with van der Waals surface area (Å²) in [5, 5.41) is 1.20. The first-order valence-corrected chi connectivity index (χ1v) is 12.1. The number of benzene rings is 1. The fourth-order valence-corrected chi connectivity index (χ4v) is 6.45. The fourth-order valence-electron chi connectivity index (χ4n) is 3.47. The van der Waals surface area contributed by atoms with Gasteiger partial charge in [-0.25, -0.2) is 13.1 Å². The molecule has 1 N–H and O–H groups in total. The minimum absolute atomic E-state index is 0.0162. The molecule has 138 valence electrons. The van der Waals surface area contributed by atoms with E-state index in [1.807, 2.05) is 23.1 Å². The second-order valence-corrected chi connectivity index (χ2v) is 10.6. The number of sulfonamides is 1. The van der Waals surface area contributed by atoms with E-state index in [4.69, 9.17) is 0 Å². The van der Waals surface area contributed by atoms with Crippen LogP contribution in [0.4, 0.5) is 0 Å². The lowest BCUT2D eigenvalue weighted by Crippen LogP contribution is -2.49. The molecule has 1 saturated heterocycles. The summed E-state index contributed by atoms with van der Waals surface area (Å²) in [5.74, 6) is 0.0162. The molecule has 0 saturated carbocycles. The van der Waals surface area contributed by atoms with Gasteiger partial charge in [0.05, 0.1) is 15.8 Å². The van der Waals surface area contributed by atoms with Gasteiger partial charge in [-0.05, 0) is 31.4 Å². The van der Waals surface area contributed by atoms with Crippen LogP contribution >= 0.6 is 22.7 Å². The standard InChI is InChI=1S/C18H20N2O3S3/c1-26(22,23)19-11-12-6-4-5-9-20(12)18(21)16-10-15-17(25-16)13-7-2-3-8-14(13)24-15/h2-3,7-8,10,12,19H,4-6,9,11H2,1H3. The first-order valence-electron chi connectivity index (χ1n) is 8.59. The molecule has 1 aliphatic heterocycles. The van der Waals surface area contributed by atoms with Crippen LogP contribution in [0.25, 0.3) is 19.5 Å². The first-order chi connectivity index (χ1) is 12.4. The van der Waals surface area contributed by atoms with Gasteiger partial charge in [0.15, 0.2) is 0 Å². The Bertz CT molecular complexity index is 1070. The van der Waals surface area contributed by atoms with E-state index < -0.39 is 10.0 Å². The summed E-state index contributed by atoms with van der Waals surface area (Å²) in [7, 11) is -3.26. The molecule has 4 rings (SSSR count). The minimum Gasteiger partial charge on any atom is -0.334 e. The largest absolute Gasteiger partial charge is 0.334 e.